The molecule has 1 fully saturated rings. The summed E-state index contributed by atoms with van der Waals surface area (Å²) in [4.78, 5) is 15.1. The SMILES string of the molecule is COC(C)(CNC(=O)c1csc(C(F)(F)F)n1)C1CC1. The summed E-state index contributed by atoms with van der Waals surface area (Å²) in [5.74, 6) is -0.227. The molecule has 1 aliphatic rings. The van der Waals surface area contributed by atoms with Crippen LogP contribution in [0.1, 0.15) is 35.3 Å². The van der Waals surface area contributed by atoms with Gasteiger partial charge in [0.15, 0.2) is 5.01 Å². The second kappa shape index (κ2) is 5.33. The van der Waals surface area contributed by atoms with E-state index in [9.17, 15) is 18.0 Å². The predicted molar refractivity (Wildman–Crippen MR) is 67.6 cm³/mol. The maximum absolute atomic E-state index is 12.4. The van der Waals surface area contributed by atoms with Crippen molar-refractivity contribution in [2.24, 2.45) is 5.92 Å². The summed E-state index contributed by atoms with van der Waals surface area (Å²) in [5.41, 5.74) is -0.685. The number of halogens is 3. The molecule has 112 valence electrons. The Kier molecular flexibility index (Phi) is 4.06. The summed E-state index contributed by atoms with van der Waals surface area (Å²) in [7, 11) is 1.56. The minimum absolute atomic E-state index is 0.212. The van der Waals surface area contributed by atoms with Gasteiger partial charge < -0.3 is 10.1 Å². The number of hydrogen-bond acceptors (Lipinski definition) is 4. The summed E-state index contributed by atoms with van der Waals surface area (Å²) < 4.78 is 42.6. The van der Waals surface area contributed by atoms with Crippen LogP contribution in [0.4, 0.5) is 13.2 Å². The number of carbonyl (C=O) groups is 1. The number of carbonyl (C=O) groups excluding carboxylic acids is 1. The van der Waals surface area contributed by atoms with Gasteiger partial charge in [0.2, 0.25) is 0 Å². The fourth-order valence-electron chi connectivity index (χ4n) is 1.93. The Morgan fingerprint density at radius 3 is 2.65 bits per heavy atom. The molecule has 1 aliphatic carbocycles. The average molecular weight is 308 g/mol. The summed E-state index contributed by atoms with van der Waals surface area (Å²) in [5, 5.41) is 2.69. The van der Waals surface area contributed by atoms with Crippen LogP contribution < -0.4 is 5.32 Å². The Balaban J connectivity index is 1.96. The Labute approximate surface area is 118 Å². The molecule has 1 atom stereocenters. The maximum atomic E-state index is 12.4. The van der Waals surface area contributed by atoms with Crippen LogP contribution >= 0.6 is 11.3 Å². The van der Waals surface area contributed by atoms with E-state index in [0.29, 0.717) is 17.3 Å². The molecule has 0 bridgehead atoms. The smallest absolute Gasteiger partial charge is 0.376 e. The number of nitrogens with one attached hydrogen (secondary N) is 1. The van der Waals surface area contributed by atoms with Crippen molar-refractivity contribution in [3.63, 3.8) is 0 Å². The molecule has 0 aromatic carbocycles. The predicted octanol–water partition coefficient (Wildman–Crippen LogP) is 2.71. The number of rotatable bonds is 5. The van der Waals surface area contributed by atoms with Crippen LogP contribution in [0.25, 0.3) is 0 Å². The van der Waals surface area contributed by atoms with E-state index in [4.69, 9.17) is 4.74 Å². The summed E-state index contributed by atoms with van der Waals surface area (Å²) >= 11 is 0.414. The van der Waals surface area contributed by atoms with Gasteiger partial charge in [0, 0.05) is 19.0 Å². The standard InChI is InChI=1S/C12H15F3N2O2S/c1-11(19-2,7-3-4-7)6-16-9(18)8-5-20-10(17-8)12(13,14)15/h5,7H,3-4,6H2,1-2H3,(H,16,18). The Hall–Kier alpha value is -1.15. The van der Waals surface area contributed by atoms with Crippen LogP contribution in [0.2, 0.25) is 0 Å². The number of aromatic nitrogens is 1. The van der Waals surface area contributed by atoms with Crippen LogP contribution in [0.15, 0.2) is 5.38 Å². The number of methoxy groups -OCH3 is 1. The van der Waals surface area contributed by atoms with Gasteiger partial charge in [0.1, 0.15) is 5.69 Å². The molecule has 4 nitrogen and oxygen atoms in total. The van der Waals surface area contributed by atoms with Crippen LogP contribution in [0.3, 0.4) is 0 Å². The fraction of sp³-hybridized carbons (Fsp3) is 0.667. The quantitative estimate of drug-likeness (QED) is 0.910. The summed E-state index contributed by atoms with van der Waals surface area (Å²) in [6.45, 7) is 2.14. The van der Waals surface area contributed by atoms with Crippen LogP contribution in [-0.2, 0) is 10.9 Å². The van der Waals surface area contributed by atoms with Crippen molar-refractivity contribution in [3.8, 4) is 0 Å². The van der Waals surface area contributed by atoms with Gasteiger partial charge in [-0.1, -0.05) is 0 Å². The lowest BCUT2D eigenvalue weighted by atomic mass is 10.0. The third kappa shape index (κ3) is 3.29. The van der Waals surface area contributed by atoms with Gasteiger partial charge in [-0.2, -0.15) is 13.2 Å². The van der Waals surface area contributed by atoms with Gasteiger partial charge in [0.25, 0.3) is 5.91 Å². The number of amides is 1. The Morgan fingerprint density at radius 2 is 2.20 bits per heavy atom. The highest BCUT2D eigenvalue weighted by molar-refractivity contribution is 7.09. The van der Waals surface area contributed by atoms with E-state index < -0.39 is 22.7 Å². The molecule has 0 spiro atoms. The van der Waals surface area contributed by atoms with Gasteiger partial charge in [0.05, 0.1) is 5.60 Å². The van der Waals surface area contributed by atoms with Crippen molar-refractivity contribution in [2.45, 2.75) is 31.5 Å². The molecule has 1 aromatic rings. The number of thiazole rings is 1. The van der Waals surface area contributed by atoms with E-state index in [1.807, 2.05) is 6.92 Å². The Morgan fingerprint density at radius 1 is 1.55 bits per heavy atom. The molecule has 0 aliphatic heterocycles. The van der Waals surface area contributed by atoms with Crippen LogP contribution in [0.5, 0.6) is 0 Å². The van der Waals surface area contributed by atoms with Gasteiger partial charge in [-0.3, -0.25) is 4.79 Å². The lowest BCUT2D eigenvalue weighted by Gasteiger charge is -2.28. The topological polar surface area (TPSA) is 51.2 Å². The fourth-order valence-corrected chi connectivity index (χ4v) is 2.60. The zero-order valence-corrected chi connectivity index (χ0v) is 11.9. The largest absolute Gasteiger partial charge is 0.443 e. The minimum atomic E-state index is -4.52. The van der Waals surface area contributed by atoms with Gasteiger partial charge >= 0.3 is 6.18 Å². The van der Waals surface area contributed by atoms with E-state index >= 15 is 0 Å². The number of nitrogens with zero attached hydrogens (tertiary/aromatic N) is 1. The zero-order chi connectivity index (χ0) is 15.0. The minimum Gasteiger partial charge on any atom is -0.376 e. The molecule has 1 N–H and O–H groups in total. The molecule has 1 heterocycles. The van der Waals surface area contributed by atoms with Crippen molar-refractivity contribution in [1.82, 2.24) is 10.3 Å². The first kappa shape index (κ1) is 15.2. The summed E-state index contributed by atoms with van der Waals surface area (Å²) in [6, 6.07) is 0. The third-order valence-corrected chi connectivity index (χ3v) is 4.37. The second-order valence-corrected chi connectivity index (χ2v) is 5.87. The van der Waals surface area contributed by atoms with E-state index in [1.165, 1.54) is 0 Å². The molecule has 2 rings (SSSR count). The highest BCUT2D eigenvalue weighted by atomic mass is 32.1. The first-order chi connectivity index (χ1) is 9.26. The Bertz CT molecular complexity index is 499. The lowest BCUT2D eigenvalue weighted by molar-refractivity contribution is -0.137. The number of hydrogen-bond donors (Lipinski definition) is 1. The molecular weight excluding hydrogens is 293 g/mol. The molecular formula is C12H15F3N2O2S. The summed E-state index contributed by atoms with van der Waals surface area (Å²) in [6.07, 6.45) is -2.44. The molecule has 0 saturated heterocycles. The lowest BCUT2D eigenvalue weighted by Crippen LogP contribution is -2.44. The molecule has 1 aromatic heterocycles. The normalized spacial score (nSPS) is 18.6. The maximum Gasteiger partial charge on any atom is 0.443 e. The van der Waals surface area contributed by atoms with E-state index in [1.54, 1.807) is 7.11 Å². The van der Waals surface area contributed by atoms with Crippen molar-refractivity contribution < 1.29 is 22.7 Å². The second-order valence-electron chi connectivity index (χ2n) is 5.01. The van der Waals surface area contributed by atoms with Gasteiger partial charge in [-0.25, -0.2) is 4.98 Å². The first-order valence-corrected chi connectivity index (χ1v) is 7.00. The zero-order valence-electron chi connectivity index (χ0n) is 11.1. The molecule has 1 amide bonds. The molecule has 20 heavy (non-hydrogen) atoms. The molecule has 0 radical (unpaired) electrons. The molecule has 8 heteroatoms. The highest BCUT2D eigenvalue weighted by Gasteiger charge is 2.42. The highest BCUT2D eigenvalue weighted by Crippen LogP contribution is 2.41. The van der Waals surface area contributed by atoms with Crippen molar-refractivity contribution >= 4 is 17.2 Å². The molecule has 1 unspecified atom stereocenters. The van der Waals surface area contributed by atoms with E-state index in [0.717, 1.165) is 18.2 Å². The van der Waals surface area contributed by atoms with Crippen molar-refractivity contribution in [1.29, 1.82) is 0 Å². The number of alkyl halides is 3. The van der Waals surface area contributed by atoms with E-state index in [2.05, 4.69) is 10.3 Å². The third-order valence-electron chi connectivity index (χ3n) is 3.49. The van der Waals surface area contributed by atoms with Crippen molar-refractivity contribution in [2.75, 3.05) is 13.7 Å². The van der Waals surface area contributed by atoms with E-state index in [-0.39, 0.29) is 12.2 Å². The average Bonchev–Trinajstić information content (AvgIpc) is 3.11. The number of ether oxygens (including phenoxy) is 1. The van der Waals surface area contributed by atoms with Gasteiger partial charge in [-0.15, -0.1) is 11.3 Å². The van der Waals surface area contributed by atoms with Crippen LogP contribution in [-0.4, -0.2) is 30.1 Å². The monoisotopic (exact) mass is 308 g/mol. The first-order valence-electron chi connectivity index (χ1n) is 6.12. The van der Waals surface area contributed by atoms with Crippen LogP contribution in [0, 0.1) is 5.92 Å². The molecule has 1 saturated carbocycles. The van der Waals surface area contributed by atoms with Gasteiger partial charge in [-0.05, 0) is 25.7 Å². The van der Waals surface area contributed by atoms with Crippen molar-refractivity contribution in [3.05, 3.63) is 16.1 Å².